The number of aromatic nitrogens is 5. The van der Waals surface area contributed by atoms with Gasteiger partial charge in [-0.05, 0) is 73.8 Å². The van der Waals surface area contributed by atoms with Crippen LogP contribution in [0.15, 0.2) is 60.5 Å². The summed E-state index contributed by atoms with van der Waals surface area (Å²) < 4.78 is 24.6. The van der Waals surface area contributed by atoms with E-state index in [9.17, 15) is 24.4 Å². The predicted octanol–water partition coefficient (Wildman–Crippen LogP) is 6.94. The van der Waals surface area contributed by atoms with E-state index in [1.165, 1.54) is 7.11 Å². The van der Waals surface area contributed by atoms with Crippen molar-refractivity contribution < 1.29 is 38.1 Å². The number of aryl methyl sites for hydroxylation is 1. The highest BCUT2D eigenvalue weighted by molar-refractivity contribution is 7.13. The largest absolute Gasteiger partial charge is 0.495 e. The van der Waals surface area contributed by atoms with Crippen molar-refractivity contribution >= 4 is 52.4 Å². The highest BCUT2D eigenvalue weighted by Crippen LogP contribution is 2.45. The summed E-state index contributed by atoms with van der Waals surface area (Å²) >= 11 is 1.59. The summed E-state index contributed by atoms with van der Waals surface area (Å²) in [7, 11) is 1.54. The third kappa shape index (κ3) is 13.2. The van der Waals surface area contributed by atoms with Crippen LogP contribution >= 0.6 is 11.3 Å². The molecule has 2 aromatic carbocycles. The van der Waals surface area contributed by atoms with Crippen LogP contribution in [0, 0.1) is 23.7 Å². The number of nitriles is 1. The average Bonchev–Trinajstić information content (AvgIpc) is 4.33. The van der Waals surface area contributed by atoms with Crippen molar-refractivity contribution in [3.63, 3.8) is 0 Å². The van der Waals surface area contributed by atoms with E-state index in [4.69, 9.17) is 23.9 Å². The highest BCUT2D eigenvalue weighted by Gasteiger charge is 2.42. The van der Waals surface area contributed by atoms with Crippen LogP contribution in [0.1, 0.15) is 118 Å². The third-order valence-corrected chi connectivity index (χ3v) is 15.0. The van der Waals surface area contributed by atoms with Crippen LogP contribution in [0.3, 0.4) is 0 Å². The molecule has 1 saturated heterocycles. The SMILES string of the molecule is CCC1c2c(C#N)ncn2-c2cnc(Nc3ccc(C(=O)NCCOCCOCCOCCC(=O)N[C@H](C(=O)N4CCC[C@H]4C(=O)NCc4ccc(-c5scnc5C)cc4)C(C)(C)C)cc3OC)nc2N1C1CCCC1. The van der Waals surface area contributed by atoms with Crippen molar-refractivity contribution in [1.29, 1.82) is 5.26 Å². The van der Waals surface area contributed by atoms with Gasteiger partial charge in [0.15, 0.2) is 11.5 Å². The van der Waals surface area contributed by atoms with Gasteiger partial charge in [0.25, 0.3) is 5.91 Å². The normalized spacial score (nSPS) is 16.6. The molecule has 76 heavy (non-hydrogen) atoms. The fourth-order valence-electron chi connectivity index (χ4n) is 10.1. The Kier molecular flexibility index (Phi) is 18.7. The van der Waals surface area contributed by atoms with Gasteiger partial charge in [0, 0.05) is 37.7 Å². The predicted molar refractivity (Wildman–Crippen MR) is 288 cm³/mol. The van der Waals surface area contributed by atoms with Gasteiger partial charge >= 0.3 is 0 Å². The van der Waals surface area contributed by atoms with Gasteiger partial charge in [0.2, 0.25) is 23.7 Å². The summed E-state index contributed by atoms with van der Waals surface area (Å²) in [5, 5.41) is 22.0. The number of benzene rings is 2. The fraction of sp³-hybridized carbons (Fsp3) is 0.509. The molecule has 4 N–H and O–H groups in total. The second-order valence-electron chi connectivity index (χ2n) is 20.3. The van der Waals surface area contributed by atoms with Crippen molar-refractivity contribution in [2.24, 2.45) is 5.41 Å². The Morgan fingerprint density at radius 1 is 0.908 bits per heavy atom. The third-order valence-electron chi connectivity index (χ3n) is 14.1. The first-order valence-electron chi connectivity index (χ1n) is 26.3. The van der Waals surface area contributed by atoms with Gasteiger partial charge in [-0.1, -0.05) is 64.8 Å². The summed E-state index contributed by atoms with van der Waals surface area (Å²) in [6.45, 7) is 12.4. The number of nitrogens with zero attached hydrogens (tertiary/aromatic N) is 8. The Morgan fingerprint density at radius 2 is 1.64 bits per heavy atom. The van der Waals surface area contributed by atoms with Gasteiger partial charge in [-0.15, -0.1) is 11.3 Å². The van der Waals surface area contributed by atoms with Crippen LogP contribution in [-0.2, 0) is 35.1 Å². The van der Waals surface area contributed by atoms with E-state index < -0.39 is 17.5 Å². The van der Waals surface area contributed by atoms with Crippen LogP contribution in [0.4, 0.5) is 17.5 Å². The monoisotopic (exact) mass is 1060 g/mol. The van der Waals surface area contributed by atoms with E-state index in [1.54, 1.807) is 47.0 Å². The van der Waals surface area contributed by atoms with Crippen molar-refractivity contribution in [2.45, 2.75) is 117 Å². The molecule has 1 saturated carbocycles. The van der Waals surface area contributed by atoms with Gasteiger partial charge in [-0.2, -0.15) is 10.2 Å². The van der Waals surface area contributed by atoms with Gasteiger partial charge in [-0.25, -0.2) is 15.0 Å². The quantitative estimate of drug-likeness (QED) is 0.0458. The molecule has 3 aliphatic rings. The van der Waals surface area contributed by atoms with E-state index in [0.29, 0.717) is 74.4 Å². The first-order chi connectivity index (χ1) is 36.8. The van der Waals surface area contributed by atoms with Gasteiger partial charge in [-0.3, -0.25) is 23.7 Å². The Labute approximate surface area is 448 Å². The van der Waals surface area contributed by atoms with E-state index >= 15 is 0 Å². The molecule has 5 heterocycles. The topological polar surface area (TPSA) is 240 Å². The van der Waals surface area contributed by atoms with Gasteiger partial charge in [0.1, 0.15) is 35.9 Å². The van der Waals surface area contributed by atoms with Crippen LogP contribution < -0.4 is 30.9 Å². The molecular formula is C55H70N12O8S. The standard InChI is InChI=1S/C55H70N12O8S/c1-7-42-47-41(30-56)60-33-66(47)44-32-59-54(64-50(44)67(42)39-11-8-9-12-39)62-40-19-18-38(29-45(40)72-6)51(69)57-21-24-74-26-28-75-27-25-73-23-20-46(68)63-49(55(3,4)5)53(71)65-22-10-13-43(65)52(70)58-31-36-14-16-37(17-15-36)48-35(2)61-34-76-48/h14-19,29,32-34,39,42-43,49H,7-13,20-28,31H2,1-6H3,(H,57,69)(H,58,70)(H,63,68)(H,59,62,64)/t42?,43-,49+/m0/s1. The number of methoxy groups -OCH3 is 1. The van der Waals surface area contributed by atoms with Crippen LogP contribution in [-0.4, -0.2) is 131 Å². The van der Waals surface area contributed by atoms with Crippen molar-refractivity contribution in [1.82, 2.24) is 45.4 Å². The number of imidazole rings is 1. The van der Waals surface area contributed by atoms with Crippen LogP contribution in [0.25, 0.3) is 16.1 Å². The number of nitrogens with one attached hydrogen (secondary N) is 4. The number of amides is 4. The number of hydrogen-bond acceptors (Lipinski definition) is 16. The zero-order valence-electron chi connectivity index (χ0n) is 44.4. The number of hydrogen-bond donors (Lipinski definition) is 4. The Morgan fingerprint density at radius 3 is 2.33 bits per heavy atom. The molecule has 3 atom stereocenters. The Bertz CT molecular complexity index is 2850. The molecule has 0 bridgehead atoms. The molecule has 1 aliphatic carbocycles. The molecule has 2 fully saturated rings. The van der Waals surface area contributed by atoms with Crippen molar-refractivity contribution in [3.8, 4) is 27.9 Å². The van der Waals surface area contributed by atoms with E-state index in [1.807, 2.05) is 62.0 Å². The fourth-order valence-corrected chi connectivity index (χ4v) is 10.9. The molecular weight excluding hydrogens is 989 g/mol. The van der Waals surface area contributed by atoms with Crippen molar-refractivity contribution in [3.05, 3.63) is 88.7 Å². The molecule has 0 spiro atoms. The summed E-state index contributed by atoms with van der Waals surface area (Å²) in [5.41, 5.74) is 7.31. The number of ether oxygens (including phenoxy) is 4. The summed E-state index contributed by atoms with van der Waals surface area (Å²) in [4.78, 5) is 77.0. The number of carbonyl (C=O) groups excluding carboxylic acids is 4. The molecule has 4 amide bonds. The Balaban J connectivity index is 0.704. The number of thiazole rings is 1. The van der Waals surface area contributed by atoms with Gasteiger partial charge < -0.3 is 50.0 Å². The van der Waals surface area contributed by atoms with E-state index in [2.05, 4.69) is 54.1 Å². The lowest BCUT2D eigenvalue weighted by atomic mass is 9.85. The minimum absolute atomic E-state index is 0.0518. The van der Waals surface area contributed by atoms with Crippen molar-refractivity contribution in [2.75, 3.05) is 70.1 Å². The zero-order chi connectivity index (χ0) is 53.8. The number of anilines is 3. The molecule has 404 valence electrons. The van der Waals surface area contributed by atoms with Gasteiger partial charge in [0.05, 0.1) is 86.5 Å². The molecule has 20 nitrogen and oxygen atoms in total. The lowest BCUT2D eigenvalue weighted by molar-refractivity contribution is -0.144. The molecule has 21 heteroatoms. The van der Waals surface area contributed by atoms with Crippen LogP contribution in [0.2, 0.25) is 0 Å². The first kappa shape index (κ1) is 55.2. The number of fused-ring (bicyclic) bond motifs is 3. The van der Waals surface area contributed by atoms with E-state index in [-0.39, 0.29) is 68.5 Å². The average molecular weight is 1060 g/mol. The second kappa shape index (κ2) is 25.7. The number of carbonyl (C=O) groups is 4. The zero-order valence-corrected chi connectivity index (χ0v) is 45.2. The number of likely N-dealkylation sites (tertiary alicyclic amines) is 1. The summed E-state index contributed by atoms with van der Waals surface area (Å²) in [5.74, 6) is 0.512. The molecule has 3 aromatic heterocycles. The maximum atomic E-state index is 14.0. The molecule has 2 aliphatic heterocycles. The minimum Gasteiger partial charge on any atom is -0.495 e. The second-order valence-corrected chi connectivity index (χ2v) is 21.1. The molecule has 5 aromatic rings. The lowest BCUT2D eigenvalue weighted by Gasteiger charge is -2.41. The smallest absolute Gasteiger partial charge is 0.251 e. The maximum Gasteiger partial charge on any atom is 0.251 e. The highest BCUT2D eigenvalue weighted by atomic mass is 32.1. The molecule has 1 unspecified atom stereocenters. The summed E-state index contributed by atoms with van der Waals surface area (Å²) in [6.07, 6.45) is 9.91. The Hall–Kier alpha value is -6.99. The number of rotatable bonds is 24. The molecule has 0 radical (unpaired) electrons. The first-order valence-corrected chi connectivity index (χ1v) is 27.1. The van der Waals surface area contributed by atoms with Crippen LogP contribution in [0.5, 0.6) is 5.75 Å². The molecule has 8 rings (SSSR count). The van der Waals surface area contributed by atoms with E-state index in [0.717, 1.165) is 71.0 Å². The lowest BCUT2D eigenvalue weighted by Crippen LogP contribution is -2.57. The maximum absolute atomic E-state index is 14.0. The minimum atomic E-state index is -0.827. The summed E-state index contributed by atoms with van der Waals surface area (Å²) in [6, 6.07) is 14.2.